The highest BCUT2D eigenvalue weighted by Crippen LogP contribution is 2.28. The number of nitrogens with zero attached hydrogens (tertiary/aromatic N) is 1. The minimum atomic E-state index is -3.63. The highest BCUT2D eigenvalue weighted by molar-refractivity contribution is 7.99. The summed E-state index contributed by atoms with van der Waals surface area (Å²) in [7, 11) is -3.63. The molecule has 5 nitrogen and oxygen atoms in total. The molecule has 0 atom stereocenters. The van der Waals surface area contributed by atoms with Crippen molar-refractivity contribution in [3.8, 4) is 0 Å². The van der Waals surface area contributed by atoms with Gasteiger partial charge in [-0.3, -0.25) is 4.79 Å². The molecule has 8 heteroatoms. The first-order valence-electron chi connectivity index (χ1n) is 7.52. The molecule has 2 aromatic rings. The Hall–Kier alpha value is -1.35. The number of thioether (sulfide) groups is 1. The first kappa shape index (κ1) is 17.5. The predicted molar refractivity (Wildman–Crippen MR) is 99.5 cm³/mol. The maximum Gasteiger partial charge on any atom is 0.267 e. The Labute approximate surface area is 150 Å². The average molecular weight is 383 g/mol. The topological polar surface area (TPSA) is 66.5 Å². The molecule has 0 radical (unpaired) electrons. The maximum absolute atomic E-state index is 12.8. The van der Waals surface area contributed by atoms with E-state index in [4.69, 9.17) is 0 Å². The molecule has 1 aliphatic heterocycles. The number of carbonyl (C=O) groups excluding carboxylic acids is 1. The number of carbonyl (C=O) groups is 1. The van der Waals surface area contributed by atoms with Crippen molar-refractivity contribution in [2.24, 2.45) is 0 Å². The van der Waals surface area contributed by atoms with Crippen LogP contribution in [0, 0.1) is 6.92 Å². The van der Waals surface area contributed by atoms with E-state index in [0.29, 0.717) is 18.8 Å². The lowest BCUT2D eigenvalue weighted by Crippen LogP contribution is -2.38. The number of hydrogen-bond acceptors (Lipinski definition) is 5. The van der Waals surface area contributed by atoms with Crippen LogP contribution in [0.25, 0.3) is 0 Å². The van der Waals surface area contributed by atoms with Crippen LogP contribution >= 0.6 is 23.1 Å². The standard InChI is InChI=1S/C16H18N2O3S3/c1-12-4-2-3-5-13(12)17-16(19)15-14(6-9-23-15)24(20,21)18-7-10-22-11-8-18/h2-6,9H,7-8,10-11H2,1H3,(H,17,19). The zero-order valence-corrected chi connectivity index (χ0v) is 15.6. The lowest BCUT2D eigenvalue weighted by molar-refractivity contribution is 0.102. The van der Waals surface area contributed by atoms with E-state index in [-0.39, 0.29) is 15.7 Å². The van der Waals surface area contributed by atoms with Crippen molar-refractivity contribution in [3.63, 3.8) is 0 Å². The summed E-state index contributed by atoms with van der Waals surface area (Å²) in [4.78, 5) is 12.9. The van der Waals surface area contributed by atoms with Gasteiger partial charge in [0.2, 0.25) is 10.0 Å². The van der Waals surface area contributed by atoms with Crippen LogP contribution in [0.1, 0.15) is 15.2 Å². The third-order valence-corrected chi connectivity index (χ3v) is 7.74. The average Bonchev–Trinajstić information content (AvgIpc) is 3.08. The highest BCUT2D eigenvalue weighted by atomic mass is 32.2. The van der Waals surface area contributed by atoms with Gasteiger partial charge in [0.1, 0.15) is 9.77 Å². The van der Waals surface area contributed by atoms with Gasteiger partial charge in [-0.1, -0.05) is 18.2 Å². The van der Waals surface area contributed by atoms with E-state index in [1.807, 2.05) is 25.1 Å². The predicted octanol–water partition coefficient (Wildman–Crippen LogP) is 3.05. The van der Waals surface area contributed by atoms with Gasteiger partial charge in [0.05, 0.1) is 0 Å². The van der Waals surface area contributed by atoms with Gasteiger partial charge in [-0.05, 0) is 30.0 Å². The van der Waals surface area contributed by atoms with Gasteiger partial charge in [0.15, 0.2) is 0 Å². The Kier molecular flexibility index (Phi) is 5.29. The van der Waals surface area contributed by atoms with Crippen LogP contribution in [0.4, 0.5) is 5.69 Å². The Morgan fingerprint density at radius 2 is 1.88 bits per heavy atom. The number of benzene rings is 1. The molecule has 1 amide bonds. The van der Waals surface area contributed by atoms with Crippen molar-refractivity contribution in [1.29, 1.82) is 0 Å². The molecular formula is C16H18N2O3S3. The second kappa shape index (κ2) is 7.26. The minimum Gasteiger partial charge on any atom is -0.321 e. The Morgan fingerprint density at radius 3 is 2.58 bits per heavy atom. The SMILES string of the molecule is Cc1ccccc1NC(=O)c1sccc1S(=O)(=O)N1CCSCC1. The summed E-state index contributed by atoms with van der Waals surface area (Å²) in [6.07, 6.45) is 0. The fourth-order valence-corrected chi connectivity index (χ4v) is 6.36. The summed E-state index contributed by atoms with van der Waals surface area (Å²) in [5, 5.41) is 4.46. The second-order valence-corrected chi connectivity index (χ2v) is 9.45. The molecule has 0 spiro atoms. The molecule has 1 aromatic carbocycles. The van der Waals surface area contributed by atoms with Crippen LogP contribution in [-0.4, -0.2) is 43.2 Å². The summed E-state index contributed by atoms with van der Waals surface area (Å²) in [5.74, 6) is 1.19. The van der Waals surface area contributed by atoms with E-state index < -0.39 is 10.0 Å². The molecule has 24 heavy (non-hydrogen) atoms. The summed E-state index contributed by atoms with van der Waals surface area (Å²) in [6, 6.07) is 8.94. The summed E-state index contributed by atoms with van der Waals surface area (Å²) < 4.78 is 27.1. The van der Waals surface area contributed by atoms with E-state index in [1.165, 1.54) is 10.4 Å². The van der Waals surface area contributed by atoms with Gasteiger partial charge in [-0.15, -0.1) is 11.3 Å². The minimum absolute atomic E-state index is 0.102. The molecule has 0 bridgehead atoms. The number of rotatable bonds is 4. The van der Waals surface area contributed by atoms with E-state index in [2.05, 4.69) is 5.32 Å². The van der Waals surface area contributed by atoms with Crippen molar-refractivity contribution >= 4 is 44.7 Å². The van der Waals surface area contributed by atoms with Gasteiger partial charge >= 0.3 is 0 Å². The molecule has 0 aliphatic carbocycles. The first-order chi connectivity index (χ1) is 11.5. The Balaban J connectivity index is 1.87. The van der Waals surface area contributed by atoms with Crippen LogP contribution in [0.5, 0.6) is 0 Å². The summed E-state index contributed by atoms with van der Waals surface area (Å²) >= 11 is 2.89. The monoisotopic (exact) mass is 382 g/mol. The third kappa shape index (κ3) is 3.51. The molecule has 0 unspecified atom stereocenters. The smallest absolute Gasteiger partial charge is 0.267 e. The van der Waals surface area contributed by atoms with Gasteiger partial charge < -0.3 is 5.32 Å². The molecular weight excluding hydrogens is 364 g/mol. The lowest BCUT2D eigenvalue weighted by Gasteiger charge is -2.25. The van der Waals surface area contributed by atoms with E-state index in [0.717, 1.165) is 28.4 Å². The Bertz CT molecular complexity index is 840. The zero-order valence-electron chi connectivity index (χ0n) is 13.2. The number of aryl methyl sites for hydroxylation is 1. The number of sulfonamides is 1. The number of nitrogens with one attached hydrogen (secondary N) is 1. The molecule has 3 rings (SSSR count). The van der Waals surface area contributed by atoms with Crippen molar-refractivity contribution < 1.29 is 13.2 Å². The van der Waals surface area contributed by atoms with Crippen molar-refractivity contribution in [2.45, 2.75) is 11.8 Å². The van der Waals surface area contributed by atoms with Crippen molar-refractivity contribution in [1.82, 2.24) is 4.31 Å². The summed E-state index contributed by atoms with van der Waals surface area (Å²) in [6.45, 7) is 2.87. The highest BCUT2D eigenvalue weighted by Gasteiger charge is 2.31. The second-order valence-electron chi connectivity index (χ2n) is 5.40. The van der Waals surface area contributed by atoms with Gasteiger partial charge in [0, 0.05) is 30.3 Å². The van der Waals surface area contributed by atoms with Crippen molar-refractivity contribution in [3.05, 3.63) is 46.2 Å². The summed E-state index contributed by atoms with van der Waals surface area (Å²) in [5.41, 5.74) is 1.62. The quantitative estimate of drug-likeness (QED) is 0.883. The lowest BCUT2D eigenvalue weighted by atomic mass is 10.2. The molecule has 1 aromatic heterocycles. The number of hydrogen-bond donors (Lipinski definition) is 1. The molecule has 0 saturated carbocycles. The molecule has 2 heterocycles. The molecule has 1 aliphatic rings. The van der Waals surface area contributed by atoms with E-state index in [1.54, 1.807) is 23.2 Å². The van der Waals surface area contributed by atoms with Gasteiger partial charge in [-0.2, -0.15) is 16.1 Å². The normalized spacial score (nSPS) is 16.0. The fraction of sp³-hybridized carbons (Fsp3) is 0.312. The number of anilines is 1. The maximum atomic E-state index is 12.8. The first-order valence-corrected chi connectivity index (χ1v) is 11.0. The number of thiophene rings is 1. The Morgan fingerprint density at radius 1 is 1.17 bits per heavy atom. The van der Waals surface area contributed by atoms with Crippen LogP contribution < -0.4 is 5.32 Å². The molecule has 1 fully saturated rings. The third-order valence-electron chi connectivity index (χ3n) is 3.82. The van der Waals surface area contributed by atoms with Crippen LogP contribution in [0.3, 0.4) is 0 Å². The van der Waals surface area contributed by atoms with Crippen LogP contribution in [0.15, 0.2) is 40.6 Å². The molecule has 1 N–H and O–H groups in total. The van der Waals surface area contributed by atoms with Gasteiger partial charge in [0.25, 0.3) is 5.91 Å². The molecule has 128 valence electrons. The molecule has 1 saturated heterocycles. The van der Waals surface area contributed by atoms with E-state index in [9.17, 15) is 13.2 Å². The number of para-hydroxylation sites is 1. The van der Waals surface area contributed by atoms with E-state index >= 15 is 0 Å². The van der Waals surface area contributed by atoms with Crippen molar-refractivity contribution in [2.75, 3.05) is 29.9 Å². The number of amides is 1. The largest absolute Gasteiger partial charge is 0.321 e. The van der Waals surface area contributed by atoms with Crippen LogP contribution in [0.2, 0.25) is 0 Å². The van der Waals surface area contributed by atoms with Crippen LogP contribution in [-0.2, 0) is 10.0 Å². The fourth-order valence-electron chi connectivity index (χ4n) is 2.48. The van der Waals surface area contributed by atoms with Gasteiger partial charge in [-0.25, -0.2) is 8.42 Å². The zero-order chi connectivity index (χ0) is 17.2.